The molecule has 2 N–H and O–H groups in total. The Morgan fingerprint density at radius 3 is 2.67 bits per heavy atom. The molecule has 6 heteroatoms. The molecule has 0 bridgehead atoms. The number of anilines is 1. The average Bonchev–Trinajstić information content (AvgIpc) is 2.46. The van der Waals surface area contributed by atoms with Gasteiger partial charge in [-0.3, -0.25) is 4.79 Å². The lowest BCUT2D eigenvalue weighted by Gasteiger charge is -2.03. The molecule has 18 heavy (non-hydrogen) atoms. The van der Waals surface area contributed by atoms with Crippen LogP contribution < -0.4 is 10.3 Å². The molecule has 0 unspecified atom stereocenters. The zero-order chi connectivity index (χ0) is 12.8. The Kier molecular flexibility index (Phi) is 2.21. The van der Waals surface area contributed by atoms with Gasteiger partial charge in [-0.25, -0.2) is 13.4 Å². The van der Waals surface area contributed by atoms with Gasteiger partial charge < -0.3 is 5.32 Å². The van der Waals surface area contributed by atoms with Gasteiger partial charge in [0.1, 0.15) is 10.6 Å². The summed E-state index contributed by atoms with van der Waals surface area (Å²) >= 11 is 0. The number of rotatable bonds is 0. The highest BCUT2D eigenvalue weighted by Crippen LogP contribution is 2.31. The number of sulfone groups is 1. The lowest BCUT2D eigenvalue weighted by Crippen LogP contribution is -2.13. The fourth-order valence-electron chi connectivity index (χ4n) is 1.94. The van der Waals surface area contributed by atoms with E-state index in [2.05, 4.69) is 10.3 Å². The number of carbonyl (C=O) groups is 1. The van der Waals surface area contributed by atoms with Crippen LogP contribution in [0.5, 0.6) is 0 Å². The van der Waals surface area contributed by atoms with E-state index in [0.717, 1.165) is 0 Å². The van der Waals surface area contributed by atoms with Crippen molar-refractivity contribution in [2.24, 2.45) is 0 Å². The number of carbonyl (C=O) groups excluding carboxylic acids is 1. The molecule has 0 spiro atoms. The molecule has 90 valence electrons. The van der Waals surface area contributed by atoms with Crippen molar-refractivity contribution in [2.75, 3.05) is 5.32 Å². The number of aromatic amines is 1. The number of benzene rings is 1. The van der Waals surface area contributed by atoms with Crippen LogP contribution in [0.25, 0.3) is 0 Å². The van der Waals surface area contributed by atoms with Crippen LogP contribution in [0.15, 0.2) is 52.5 Å². The summed E-state index contributed by atoms with van der Waals surface area (Å²) in [5.41, 5.74) is 0.424. The number of hydrogen-bond acceptors (Lipinski definition) is 3. The van der Waals surface area contributed by atoms with E-state index in [9.17, 15) is 13.2 Å². The first kappa shape index (κ1) is 10.9. The largest absolute Gasteiger partial charge is 0.316 e. The van der Waals surface area contributed by atoms with Crippen LogP contribution in [0.1, 0.15) is 10.4 Å². The summed E-state index contributed by atoms with van der Waals surface area (Å²) in [5.74, 6) is -0.424. The van der Waals surface area contributed by atoms with E-state index in [-0.39, 0.29) is 21.0 Å². The van der Waals surface area contributed by atoms with Crippen LogP contribution in [0, 0.1) is 0 Å². The van der Waals surface area contributed by atoms with Gasteiger partial charge >= 0.3 is 0 Å². The van der Waals surface area contributed by atoms with Gasteiger partial charge in [-0.1, -0.05) is 12.1 Å². The molecule has 0 fully saturated rings. The molecule has 0 aliphatic carbocycles. The smallest absolute Gasteiger partial charge is 0.257 e. The minimum absolute atomic E-state index is 0.0347. The second-order valence-electron chi connectivity index (χ2n) is 3.88. The molecule has 1 amide bonds. The molecule has 0 atom stereocenters. The van der Waals surface area contributed by atoms with Crippen LogP contribution in [0.4, 0.5) is 5.69 Å². The van der Waals surface area contributed by atoms with E-state index in [4.69, 9.17) is 0 Å². The number of hydrogen-bond donors (Lipinski definition) is 1. The molecule has 1 aromatic carbocycles. The monoisotopic (exact) mass is 261 g/mol. The zero-order valence-corrected chi connectivity index (χ0v) is 9.99. The van der Waals surface area contributed by atoms with Gasteiger partial charge in [-0.15, -0.1) is 0 Å². The molecular weight excluding hydrogens is 252 g/mol. The summed E-state index contributed by atoms with van der Waals surface area (Å²) in [6.45, 7) is 0. The lowest BCUT2D eigenvalue weighted by atomic mass is 10.2. The highest BCUT2D eigenvalue weighted by atomic mass is 32.2. The van der Waals surface area contributed by atoms with Crippen LogP contribution in [-0.4, -0.2) is 14.3 Å². The third-order valence-electron chi connectivity index (χ3n) is 2.78. The summed E-state index contributed by atoms with van der Waals surface area (Å²) in [6, 6.07) is 7.61. The number of nitrogens with one attached hydrogen (secondary N) is 2. The van der Waals surface area contributed by atoms with E-state index >= 15 is 0 Å². The average molecular weight is 261 g/mol. The Labute approximate surface area is 103 Å². The Balaban J connectivity index is 2.42. The van der Waals surface area contributed by atoms with Crippen molar-refractivity contribution >= 4 is 21.4 Å². The Morgan fingerprint density at radius 2 is 1.83 bits per heavy atom. The molecule has 2 heterocycles. The highest BCUT2D eigenvalue weighted by Gasteiger charge is 2.31. The van der Waals surface area contributed by atoms with Crippen LogP contribution in [-0.2, 0) is 9.84 Å². The second-order valence-corrected chi connectivity index (χ2v) is 5.76. The van der Waals surface area contributed by atoms with Crippen molar-refractivity contribution in [1.29, 1.82) is 0 Å². The molecule has 5 nitrogen and oxygen atoms in total. The summed E-state index contributed by atoms with van der Waals surface area (Å²) in [7, 11) is -3.67. The molecule has 3 rings (SSSR count). The Morgan fingerprint density at radius 1 is 1.06 bits per heavy atom. The predicted octanol–water partition coefficient (Wildman–Crippen LogP) is 0.899. The summed E-state index contributed by atoms with van der Waals surface area (Å²) in [6.07, 6.45) is 2.97. The molecule has 0 saturated heterocycles. The van der Waals surface area contributed by atoms with E-state index in [1.54, 1.807) is 12.1 Å². The third-order valence-corrected chi connectivity index (χ3v) is 4.65. The fraction of sp³-hybridized carbons (Fsp3) is 0. The molecule has 0 radical (unpaired) electrons. The van der Waals surface area contributed by atoms with E-state index in [0.29, 0.717) is 0 Å². The van der Waals surface area contributed by atoms with Crippen molar-refractivity contribution in [3.05, 3.63) is 48.3 Å². The number of pyridine rings is 1. The highest BCUT2D eigenvalue weighted by molar-refractivity contribution is 7.91. The molecule has 0 saturated carbocycles. The van der Waals surface area contributed by atoms with Crippen molar-refractivity contribution in [1.82, 2.24) is 0 Å². The number of aromatic nitrogens is 1. The Hall–Kier alpha value is -2.21. The van der Waals surface area contributed by atoms with E-state index in [1.807, 2.05) is 0 Å². The molecule has 1 aliphatic rings. The summed E-state index contributed by atoms with van der Waals surface area (Å²) in [5, 5.41) is 2.58. The maximum absolute atomic E-state index is 12.5. The van der Waals surface area contributed by atoms with Gasteiger partial charge in [0.15, 0.2) is 12.4 Å². The van der Waals surface area contributed by atoms with Gasteiger partial charge in [0, 0.05) is 6.07 Å². The van der Waals surface area contributed by atoms with Gasteiger partial charge in [-0.2, -0.15) is 0 Å². The van der Waals surface area contributed by atoms with Crippen LogP contribution in [0.3, 0.4) is 0 Å². The maximum Gasteiger partial charge on any atom is 0.257 e. The number of fused-ring (bicyclic) bond motifs is 2. The van der Waals surface area contributed by atoms with Gasteiger partial charge in [-0.05, 0) is 12.1 Å². The number of H-pyrrole nitrogens is 1. The van der Waals surface area contributed by atoms with Gasteiger partial charge in [0.05, 0.1) is 10.5 Å². The molecule has 1 aliphatic heterocycles. The first-order chi connectivity index (χ1) is 8.60. The zero-order valence-electron chi connectivity index (χ0n) is 9.17. The third kappa shape index (κ3) is 1.42. The lowest BCUT2D eigenvalue weighted by molar-refractivity contribution is -0.377. The first-order valence-electron chi connectivity index (χ1n) is 5.26. The van der Waals surface area contributed by atoms with Crippen molar-refractivity contribution in [3.8, 4) is 0 Å². The van der Waals surface area contributed by atoms with Crippen molar-refractivity contribution in [3.63, 3.8) is 0 Å². The second kappa shape index (κ2) is 3.64. The summed E-state index contributed by atoms with van der Waals surface area (Å²) < 4.78 is 24.9. The number of amides is 1. The van der Waals surface area contributed by atoms with Crippen LogP contribution >= 0.6 is 0 Å². The predicted molar refractivity (Wildman–Crippen MR) is 62.8 cm³/mol. The normalized spacial score (nSPS) is 16.1. The van der Waals surface area contributed by atoms with Crippen molar-refractivity contribution in [2.45, 2.75) is 9.79 Å². The van der Waals surface area contributed by atoms with E-state index in [1.165, 1.54) is 30.6 Å². The molecule has 1 aromatic heterocycles. The summed E-state index contributed by atoms with van der Waals surface area (Å²) in [4.78, 5) is 14.9. The fourth-order valence-corrected chi connectivity index (χ4v) is 3.54. The van der Waals surface area contributed by atoms with Gasteiger partial charge in [0.2, 0.25) is 9.84 Å². The minimum Gasteiger partial charge on any atom is -0.316 e. The van der Waals surface area contributed by atoms with Crippen molar-refractivity contribution < 1.29 is 18.2 Å². The van der Waals surface area contributed by atoms with E-state index < -0.39 is 15.7 Å². The first-order valence-corrected chi connectivity index (χ1v) is 6.74. The Bertz CT molecular complexity index is 753. The maximum atomic E-state index is 12.5. The standard InChI is InChI=1S/C12H8N2O3S/c15-12-8-3-1-2-4-10(8)18(16,17)11-5-6-13-7-9(11)14-12/h1-7H,(H,14,15)/p+1. The van der Waals surface area contributed by atoms with Crippen LogP contribution in [0.2, 0.25) is 0 Å². The van der Waals surface area contributed by atoms with Gasteiger partial charge in [0.25, 0.3) is 5.91 Å². The quantitative estimate of drug-likeness (QED) is 0.765. The SMILES string of the molecule is O=C1Nc2c[nH+]ccc2S(=O)(=O)c2ccccc21. The minimum atomic E-state index is -3.67. The topological polar surface area (TPSA) is 77.4 Å². The molecule has 2 aromatic rings. The molecular formula is C12H9N2O3S+.